The van der Waals surface area contributed by atoms with Gasteiger partial charge in [-0.1, -0.05) is 27.2 Å². The van der Waals surface area contributed by atoms with E-state index in [9.17, 15) is 0 Å². The molecular formula is C15H34N2. The van der Waals surface area contributed by atoms with Gasteiger partial charge < -0.3 is 9.80 Å². The molecule has 17 heavy (non-hydrogen) atoms. The fourth-order valence-electron chi connectivity index (χ4n) is 2.19. The van der Waals surface area contributed by atoms with E-state index in [4.69, 9.17) is 0 Å². The Hall–Kier alpha value is -0.0800. The van der Waals surface area contributed by atoms with Crippen molar-refractivity contribution >= 4 is 0 Å². The largest absolute Gasteiger partial charge is 0.306 e. The molecule has 2 saturated heterocycles. The van der Waals surface area contributed by atoms with E-state index in [2.05, 4.69) is 30.8 Å². The van der Waals surface area contributed by atoms with E-state index >= 15 is 0 Å². The molecule has 0 aliphatic carbocycles. The first-order valence-corrected chi connectivity index (χ1v) is 7.55. The Labute approximate surface area is 109 Å². The number of piperidine rings is 2. The predicted octanol–water partition coefficient (Wildman–Crippen LogP) is 3.48. The lowest BCUT2D eigenvalue weighted by Gasteiger charge is -2.26. The summed E-state index contributed by atoms with van der Waals surface area (Å²) < 4.78 is 0. The van der Waals surface area contributed by atoms with Gasteiger partial charge in [0.1, 0.15) is 0 Å². The molecule has 2 aliphatic heterocycles. The zero-order valence-corrected chi connectivity index (χ0v) is 12.8. The average molecular weight is 242 g/mol. The summed E-state index contributed by atoms with van der Waals surface area (Å²) in [5.74, 6) is 0.978. The van der Waals surface area contributed by atoms with Gasteiger partial charge >= 0.3 is 0 Å². The van der Waals surface area contributed by atoms with Crippen LogP contribution in [0.25, 0.3) is 0 Å². The molecular weight excluding hydrogens is 208 g/mol. The van der Waals surface area contributed by atoms with Crippen molar-refractivity contribution in [3.63, 3.8) is 0 Å². The van der Waals surface area contributed by atoms with E-state index in [0.717, 1.165) is 5.92 Å². The Morgan fingerprint density at radius 3 is 1.41 bits per heavy atom. The summed E-state index contributed by atoms with van der Waals surface area (Å²) in [4.78, 5) is 4.80. The zero-order valence-electron chi connectivity index (χ0n) is 12.8. The molecule has 2 nitrogen and oxygen atoms in total. The van der Waals surface area contributed by atoms with E-state index in [1.54, 1.807) is 0 Å². The average Bonchev–Trinajstić information content (AvgIpc) is 2.37. The van der Waals surface area contributed by atoms with E-state index in [1.165, 1.54) is 58.3 Å². The molecule has 2 fully saturated rings. The van der Waals surface area contributed by atoms with Crippen LogP contribution in [0.5, 0.6) is 0 Å². The fourth-order valence-corrected chi connectivity index (χ4v) is 2.19. The van der Waals surface area contributed by atoms with Crippen LogP contribution in [0.15, 0.2) is 0 Å². The molecule has 0 spiro atoms. The highest BCUT2D eigenvalue weighted by atomic mass is 15.1. The quantitative estimate of drug-likeness (QED) is 0.642. The van der Waals surface area contributed by atoms with Gasteiger partial charge in [0.15, 0.2) is 0 Å². The molecule has 2 rings (SSSR count). The van der Waals surface area contributed by atoms with Gasteiger partial charge in [-0.05, 0) is 71.9 Å². The highest BCUT2D eigenvalue weighted by Gasteiger charge is 2.10. The minimum atomic E-state index is 0.978. The van der Waals surface area contributed by atoms with Gasteiger partial charge in [-0.25, -0.2) is 0 Å². The third-order valence-corrected chi connectivity index (χ3v) is 3.59. The van der Waals surface area contributed by atoms with Crippen LogP contribution in [0.3, 0.4) is 0 Å². The standard InChI is InChI=1S/C7H15N.C6H13N.C2H6/c1-7-3-5-8(2)6-4-7;1-7-5-3-2-4-6-7;1-2/h7H,3-6H2,1-2H3;2-6H2,1H3;1-2H3. The van der Waals surface area contributed by atoms with Crippen LogP contribution in [-0.4, -0.2) is 50.1 Å². The van der Waals surface area contributed by atoms with Crippen LogP contribution in [0.1, 0.15) is 52.9 Å². The molecule has 0 atom stereocenters. The summed E-state index contributed by atoms with van der Waals surface area (Å²) in [7, 11) is 4.39. The summed E-state index contributed by atoms with van der Waals surface area (Å²) in [6, 6.07) is 0. The zero-order chi connectivity index (χ0) is 13.1. The summed E-state index contributed by atoms with van der Waals surface area (Å²) in [6.07, 6.45) is 7.07. The Kier molecular flexibility index (Phi) is 11.0. The van der Waals surface area contributed by atoms with Gasteiger partial charge in [0.05, 0.1) is 0 Å². The van der Waals surface area contributed by atoms with E-state index in [1.807, 2.05) is 13.8 Å². The minimum Gasteiger partial charge on any atom is -0.306 e. The van der Waals surface area contributed by atoms with E-state index in [-0.39, 0.29) is 0 Å². The fraction of sp³-hybridized carbons (Fsp3) is 1.00. The smallest absolute Gasteiger partial charge is 0.00192 e. The van der Waals surface area contributed by atoms with Crippen molar-refractivity contribution in [1.82, 2.24) is 9.80 Å². The van der Waals surface area contributed by atoms with Crippen LogP contribution in [-0.2, 0) is 0 Å². The second-order valence-electron chi connectivity index (χ2n) is 5.35. The Morgan fingerprint density at radius 2 is 1.12 bits per heavy atom. The molecule has 0 saturated carbocycles. The molecule has 0 aromatic heterocycles. The predicted molar refractivity (Wildman–Crippen MR) is 78.6 cm³/mol. The maximum absolute atomic E-state index is 2.40. The lowest BCUT2D eigenvalue weighted by molar-refractivity contribution is 0.230. The topological polar surface area (TPSA) is 6.48 Å². The first-order valence-electron chi connectivity index (χ1n) is 7.55. The first kappa shape index (κ1) is 16.9. The third-order valence-electron chi connectivity index (χ3n) is 3.59. The van der Waals surface area contributed by atoms with Crippen LogP contribution in [0, 0.1) is 5.92 Å². The maximum atomic E-state index is 2.40. The van der Waals surface area contributed by atoms with Crippen molar-refractivity contribution in [2.75, 3.05) is 40.3 Å². The first-order chi connectivity index (χ1) is 8.18. The molecule has 2 aliphatic rings. The van der Waals surface area contributed by atoms with Gasteiger partial charge in [-0.2, -0.15) is 0 Å². The second-order valence-corrected chi connectivity index (χ2v) is 5.35. The second kappa shape index (κ2) is 11.0. The number of likely N-dealkylation sites (tertiary alicyclic amines) is 2. The Balaban J connectivity index is 0.000000265. The molecule has 0 N–H and O–H groups in total. The number of rotatable bonds is 0. The van der Waals surface area contributed by atoms with E-state index < -0.39 is 0 Å². The molecule has 104 valence electrons. The Morgan fingerprint density at radius 1 is 0.706 bits per heavy atom. The van der Waals surface area contributed by atoms with Gasteiger partial charge in [0, 0.05) is 0 Å². The molecule has 0 radical (unpaired) electrons. The number of hydrogen-bond acceptors (Lipinski definition) is 2. The molecule has 0 aromatic rings. The maximum Gasteiger partial charge on any atom is -0.00192 e. The highest BCUT2D eigenvalue weighted by Crippen LogP contribution is 2.13. The van der Waals surface area contributed by atoms with Crippen molar-refractivity contribution < 1.29 is 0 Å². The number of hydrogen-bond donors (Lipinski definition) is 0. The van der Waals surface area contributed by atoms with Gasteiger partial charge in [0.2, 0.25) is 0 Å². The summed E-state index contributed by atoms with van der Waals surface area (Å²) in [5.41, 5.74) is 0. The summed E-state index contributed by atoms with van der Waals surface area (Å²) >= 11 is 0. The monoisotopic (exact) mass is 242 g/mol. The SMILES string of the molecule is CC.CC1CCN(C)CC1.CN1CCCCC1. The normalized spacial score (nSPS) is 23.1. The van der Waals surface area contributed by atoms with Crippen LogP contribution < -0.4 is 0 Å². The molecule has 0 aromatic carbocycles. The summed E-state index contributed by atoms with van der Waals surface area (Å²) in [6.45, 7) is 11.6. The Bertz CT molecular complexity index is 135. The lowest BCUT2D eigenvalue weighted by Crippen LogP contribution is -2.28. The molecule has 0 unspecified atom stereocenters. The minimum absolute atomic E-state index is 0.978. The van der Waals surface area contributed by atoms with Crippen molar-refractivity contribution in [1.29, 1.82) is 0 Å². The van der Waals surface area contributed by atoms with Gasteiger partial charge in [-0.15, -0.1) is 0 Å². The van der Waals surface area contributed by atoms with Crippen molar-refractivity contribution in [2.45, 2.75) is 52.9 Å². The summed E-state index contributed by atoms with van der Waals surface area (Å²) in [5, 5.41) is 0. The highest BCUT2D eigenvalue weighted by molar-refractivity contribution is 4.65. The van der Waals surface area contributed by atoms with Crippen molar-refractivity contribution in [3.05, 3.63) is 0 Å². The van der Waals surface area contributed by atoms with Gasteiger partial charge in [0.25, 0.3) is 0 Å². The van der Waals surface area contributed by atoms with Gasteiger partial charge in [-0.3, -0.25) is 0 Å². The van der Waals surface area contributed by atoms with Crippen LogP contribution >= 0.6 is 0 Å². The van der Waals surface area contributed by atoms with Crippen LogP contribution in [0.2, 0.25) is 0 Å². The van der Waals surface area contributed by atoms with Crippen molar-refractivity contribution in [3.8, 4) is 0 Å². The van der Waals surface area contributed by atoms with Crippen molar-refractivity contribution in [2.24, 2.45) is 5.92 Å². The molecule has 0 amide bonds. The molecule has 2 heteroatoms. The van der Waals surface area contributed by atoms with Crippen LogP contribution in [0.4, 0.5) is 0 Å². The van der Waals surface area contributed by atoms with E-state index in [0.29, 0.717) is 0 Å². The number of nitrogens with zero attached hydrogens (tertiary/aromatic N) is 2. The molecule has 0 bridgehead atoms. The lowest BCUT2D eigenvalue weighted by atomic mass is 10.00. The molecule has 2 heterocycles. The third kappa shape index (κ3) is 9.61.